The van der Waals surface area contributed by atoms with Crippen LogP contribution in [0.3, 0.4) is 0 Å². The fourth-order valence-electron chi connectivity index (χ4n) is 2.32. The first kappa shape index (κ1) is 12.9. The third-order valence-electron chi connectivity index (χ3n) is 3.54. The number of benzene rings is 1. The maximum atomic E-state index is 5.89. The van der Waals surface area contributed by atoms with Gasteiger partial charge < -0.3 is 5.32 Å². The van der Waals surface area contributed by atoms with Crippen LogP contribution < -0.4 is 5.32 Å². The lowest BCUT2D eigenvalue weighted by Crippen LogP contribution is -2.35. The van der Waals surface area contributed by atoms with Crippen molar-refractivity contribution in [2.75, 3.05) is 26.2 Å². The van der Waals surface area contributed by atoms with Gasteiger partial charge in [-0.05, 0) is 44.0 Å². The minimum absolute atomic E-state index is 0.692. The molecule has 0 amide bonds. The monoisotopic (exact) mass is 252 g/mol. The van der Waals surface area contributed by atoms with Crippen molar-refractivity contribution in [1.29, 1.82) is 0 Å². The summed E-state index contributed by atoms with van der Waals surface area (Å²) in [5, 5.41) is 4.27. The van der Waals surface area contributed by atoms with Crippen LogP contribution in [-0.4, -0.2) is 37.1 Å². The summed E-state index contributed by atoms with van der Waals surface area (Å²) in [6, 6.07) is 8.90. The van der Waals surface area contributed by atoms with Crippen LogP contribution in [0.15, 0.2) is 24.3 Å². The van der Waals surface area contributed by atoms with Crippen LogP contribution in [0.5, 0.6) is 0 Å². The van der Waals surface area contributed by atoms with Gasteiger partial charge in [0, 0.05) is 30.7 Å². The number of halogens is 1. The standard InChI is InChI=1S/C14H21ClN2/c1-12-6-8-16-9-11-17(12)10-7-13-2-4-14(15)5-3-13/h2-5,12,16H,6-11H2,1H3. The smallest absolute Gasteiger partial charge is 0.0406 e. The van der Waals surface area contributed by atoms with Crippen LogP contribution in [0, 0.1) is 0 Å². The van der Waals surface area contributed by atoms with E-state index in [0.717, 1.165) is 37.6 Å². The quantitative estimate of drug-likeness (QED) is 0.890. The summed E-state index contributed by atoms with van der Waals surface area (Å²) >= 11 is 5.89. The average molecular weight is 253 g/mol. The molecule has 1 saturated heterocycles. The molecule has 17 heavy (non-hydrogen) atoms. The molecule has 1 aromatic rings. The van der Waals surface area contributed by atoms with Crippen molar-refractivity contribution in [2.45, 2.75) is 25.8 Å². The van der Waals surface area contributed by atoms with Gasteiger partial charge in [-0.15, -0.1) is 0 Å². The number of nitrogens with one attached hydrogen (secondary N) is 1. The van der Waals surface area contributed by atoms with E-state index in [9.17, 15) is 0 Å². The molecule has 1 aromatic carbocycles. The highest BCUT2D eigenvalue weighted by Crippen LogP contribution is 2.12. The van der Waals surface area contributed by atoms with E-state index in [4.69, 9.17) is 11.6 Å². The Kier molecular flexibility index (Phi) is 4.84. The first-order valence-corrected chi connectivity index (χ1v) is 6.83. The molecular formula is C14H21ClN2. The Labute approximate surface area is 109 Å². The van der Waals surface area contributed by atoms with Crippen LogP contribution >= 0.6 is 11.6 Å². The van der Waals surface area contributed by atoms with Gasteiger partial charge in [0.05, 0.1) is 0 Å². The summed E-state index contributed by atoms with van der Waals surface area (Å²) in [5.41, 5.74) is 1.37. The molecule has 0 spiro atoms. The summed E-state index contributed by atoms with van der Waals surface area (Å²) in [6.07, 6.45) is 2.36. The van der Waals surface area contributed by atoms with Gasteiger partial charge in [0.1, 0.15) is 0 Å². The fourth-order valence-corrected chi connectivity index (χ4v) is 2.44. The zero-order chi connectivity index (χ0) is 12.1. The molecule has 1 aliphatic heterocycles. The molecule has 2 nitrogen and oxygen atoms in total. The van der Waals surface area contributed by atoms with E-state index < -0.39 is 0 Å². The minimum atomic E-state index is 0.692. The third kappa shape index (κ3) is 3.98. The van der Waals surface area contributed by atoms with Crippen LogP contribution in [0.4, 0.5) is 0 Å². The summed E-state index contributed by atoms with van der Waals surface area (Å²) in [7, 11) is 0. The zero-order valence-electron chi connectivity index (χ0n) is 10.5. The maximum Gasteiger partial charge on any atom is 0.0406 e. The summed E-state index contributed by atoms with van der Waals surface area (Å²) < 4.78 is 0. The molecule has 2 rings (SSSR count). The predicted molar refractivity (Wildman–Crippen MR) is 73.7 cm³/mol. The van der Waals surface area contributed by atoms with E-state index in [2.05, 4.69) is 29.3 Å². The van der Waals surface area contributed by atoms with E-state index in [-0.39, 0.29) is 0 Å². The van der Waals surface area contributed by atoms with E-state index in [1.807, 2.05) is 12.1 Å². The Morgan fingerprint density at radius 2 is 2.06 bits per heavy atom. The molecule has 3 heteroatoms. The molecule has 1 heterocycles. The SMILES string of the molecule is CC1CCNCCN1CCc1ccc(Cl)cc1. The van der Waals surface area contributed by atoms with E-state index in [1.54, 1.807) is 0 Å². The Hall–Kier alpha value is -0.570. The van der Waals surface area contributed by atoms with Crippen molar-refractivity contribution in [2.24, 2.45) is 0 Å². The van der Waals surface area contributed by atoms with Crippen molar-refractivity contribution < 1.29 is 0 Å². The lowest BCUT2D eigenvalue weighted by Gasteiger charge is -2.26. The molecule has 1 fully saturated rings. The third-order valence-corrected chi connectivity index (χ3v) is 3.79. The lowest BCUT2D eigenvalue weighted by atomic mass is 10.1. The molecule has 0 radical (unpaired) electrons. The van der Waals surface area contributed by atoms with Crippen molar-refractivity contribution in [3.05, 3.63) is 34.9 Å². The van der Waals surface area contributed by atoms with Crippen molar-refractivity contribution in [3.8, 4) is 0 Å². The van der Waals surface area contributed by atoms with E-state index in [1.165, 1.54) is 12.0 Å². The molecule has 1 aliphatic rings. The summed E-state index contributed by atoms with van der Waals surface area (Å²) in [5.74, 6) is 0. The van der Waals surface area contributed by atoms with Gasteiger partial charge in [-0.1, -0.05) is 23.7 Å². The first-order chi connectivity index (χ1) is 8.25. The topological polar surface area (TPSA) is 15.3 Å². The lowest BCUT2D eigenvalue weighted by molar-refractivity contribution is 0.223. The highest BCUT2D eigenvalue weighted by Gasteiger charge is 2.15. The van der Waals surface area contributed by atoms with Gasteiger partial charge in [-0.2, -0.15) is 0 Å². The second-order valence-electron chi connectivity index (χ2n) is 4.80. The second-order valence-corrected chi connectivity index (χ2v) is 5.24. The van der Waals surface area contributed by atoms with Crippen molar-refractivity contribution in [1.82, 2.24) is 10.2 Å². The van der Waals surface area contributed by atoms with Crippen LogP contribution in [0.25, 0.3) is 0 Å². The maximum absolute atomic E-state index is 5.89. The van der Waals surface area contributed by atoms with Crippen molar-refractivity contribution >= 4 is 11.6 Å². The Morgan fingerprint density at radius 3 is 2.82 bits per heavy atom. The van der Waals surface area contributed by atoms with Crippen LogP contribution in [0.1, 0.15) is 18.9 Å². The van der Waals surface area contributed by atoms with Gasteiger partial charge in [0.15, 0.2) is 0 Å². The summed E-state index contributed by atoms with van der Waals surface area (Å²) in [6.45, 7) is 6.90. The van der Waals surface area contributed by atoms with E-state index in [0.29, 0.717) is 6.04 Å². The minimum Gasteiger partial charge on any atom is -0.315 e. The number of nitrogens with zero attached hydrogens (tertiary/aromatic N) is 1. The Bertz CT molecular complexity index is 337. The molecule has 1 N–H and O–H groups in total. The molecule has 0 aromatic heterocycles. The molecule has 1 atom stereocenters. The fraction of sp³-hybridized carbons (Fsp3) is 0.571. The molecule has 0 aliphatic carbocycles. The number of rotatable bonds is 3. The highest BCUT2D eigenvalue weighted by atomic mass is 35.5. The number of hydrogen-bond donors (Lipinski definition) is 1. The van der Waals surface area contributed by atoms with Gasteiger partial charge in [-0.3, -0.25) is 4.90 Å². The Morgan fingerprint density at radius 1 is 1.29 bits per heavy atom. The van der Waals surface area contributed by atoms with Crippen LogP contribution in [0.2, 0.25) is 5.02 Å². The molecule has 1 unspecified atom stereocenters. The van der Waals surface area contributed by atoms with E-state index >= 15 is 0 Å². The Balaban J connectivity index is 1.85. The first-order valence-electron chi connectivity index (χ1n) is 6.45. The summed E-state index contributed by atoms with van der Waals surface area (Å²) in [4.78, 5) is 2.58. The normalized spacial score (nSPS) is 22.4. The molecule has 0 saturated carbocycles. The highest BCUT2D eigenvalue weighted by molar-refractivity contribution is 6.30. The molecular weight excluding hydrogens is 232 g/mol. The van der Waals surface area contributed by atoms with Crippen molar-refractivity contribution in [3.63, 3.8) is 0 Å². The molecule has 0 bridgehead atoms. The van der Waals surface area contributed by atoms with Gasteiger partial charge >= 0.3 is 0 Å². The second kappa shape index (κ2) is 6.39. The zero-order valence-corrected chi connectivity index (χ0v) is 11.2. The van der Waals surface area contributed by atoms with Gasteiger partial charge in [0.2, 0.25) is 0 Å². The molecule has 94 valence electrons. The number of hydrogen-bond acceptors (Lipinski definition) is 2. The predicted octanol–water partition coefficient (Wildman–Crippen LogP) is 2.57. The largest absolute Gasteiger partial charge is 0.315 e. The van der Waals surface area contributed by atoms with Gasteiger partial charge in [-0.25, -0.2) is 0 Å². The van der Waals surface area contributed by atoms with Crippen LogP contribution in [-0.2, 0) is 6.42 Å². The average Bonchev–Trinajstić information content (AvgIpc) is 2.54. The van der Waals surface area contributed by atoms with Gasteiger partial charge in [0.25, 0.3) is 0 Å².